The molecule has 25 heavy (non-hydrogen) atoms. The van der Waals surface area contributed by atoms with E-state index in [1.54, 1.807) is 17.5 Å². The van der Waals surface area contributed by atoms with Crippen molar-refractivity contribution in [3.05, 3.63) is 34.5 Å². The maximum absolute atomic E-state index is 12.9. The molecule has 1 unspecified atom stereocenters. The van der Waals surface area contributed by atoms with Gasteiger partial charge < -0.3 is 10.2 Å². The van der Waals surface area contributed by atoms with Gasteiger partial charge in [0.2, 0.25) is 0 Å². The summed E-state index contributed by atoms with van der Waals surface area (Å²) in [5, 5.41) is 11.0. The van der Waals surface area contributed by atoms with Crippen LogP contribution in [0.25, 0.3) is 0 Å². The average molecular weight is 384 g/mol. The SMILES string of the molecule is CC(C)N(CCc1nccs1)C(=O)c1ccn(C2CCCNC2)n1.Cl. The van der Waals surface area contributed by atoms with Gasteiger partial charge in [-0.3, -0.25) is 9.48 Å². The number of carbonyl (C=O) groups excluding carboxylic acids is 1. The number of amides is 1. The number of hydrogen-bond acceptors (Lipinski definition) is 5. The quantitative estimate of drug-likeness (QED) is 0.833. The van der Waals surface area contributed by atoms with Crippen LogP contribution in [0, 0.1) is 0 Å². The van der Waals surface area contributed by atoms with Crippen LogP contribution in [0.5, 0.6) is 0 Å². The fourth-order valence-electron chi connectivity index (χ4n) is 3.05. The van der Waals surface area contributed by atoms with Gasteiger partial charge in [-0.05, 0) is 39.3 Å². The average Bonchev–Trinajstić information content (AvgIpc) is 3.27. The number of hydrogen-bond donors (Lipinski definition) is 1. The van der Waals surface area contributed by atoms with E-state index in [1.807, 2.05) is 41.1 Å². The lowest BCUT2D eigenvalue weighted by atomic mass is 10.1. The van der Waals surface area contributed by atoms with Crippen molar-refractivity contribution in [3.63, 3.8) is 0 Å². The summed E-state index contributed by atoms with van der Waals surface area (Å²) in [6.07, 6.45) is 6.79. The number of nitrogens with zero attached hydrogens (tertiary/aromatic N) is 4. The zero-order chi connectivity index (χ0) is 16.9. The monoisotopic (exact) mass is 383 g/mol. The Morgan fingerprint density at radius 3 is 3.00 bits per heavy atom. The molecule has 6 nitrogen and oxygen atoms in total. The van der Waals surface area contributed by atoms with Gasteiger partial charge in [0, 0.05) is 43.3 Å². The summed E-state index contributed by atoms with van der Waals surface area (Å²) in [6.45, 7) is 6.75. The van der Waals surface area contributed by atoms with Crippen molar-refractivity contribution >= 4 is 29.7 Å². The summed E-state index contributed by atoms with van der Waals surface area (Å²) in [5.41, 5.74) is 0.536. The summed E-state index contributed by atoms with van der Waals surface area (Å²) in [6, 6.07) is 2.33. The van der Waals surface area contributed by atoms with E-state index in [4.69, 9.17) is 0 Å². The van der Waals surface area contributed by atoms with Crippen LogP contribution < -0.4 is 5.32 Å². The van der Waals surface area contributed by atoms with Crippen LogP contribution in [0.2, 0.25) is 0 Å². The molecule has 2 aromatic rings. The normalized spacial score (nSPS) is 17.3. The molecule has 0 spiro atoms. The van der Waals surface area contributed by atoms with E-state index in [-0.39, 0.29) is 24.4 Å². The Kier molecular flexibility index (Phi) is 7.40. The van der Waals surface area contributed by atoms with E-state index < -0.39 is 0 Å². The largest absolute Gasteiger partial charge is 0.334 e. The highest BCUT2D eigenvalue weighted by atomic mass is 35.5. The summed E-state index contributed by atoms with van der Waals surface area (Å²) in [5.74, 6) is 0.00377. The van der Waals surface area contributed by atoms with Crippen molar-refractivity contribution in [3.8, 4) is 0 Å². The summed E-state index contributed by atoms with van der Waals surface area (Å²) in [4.78, 5) is 19.0. The first-order valence-corrected chi connectivity index (χ1v) is 9.48. The van der Waals surface area contributed by atoms with Gasteiger partial charge in [-0.25, -0.2) is 4.98 Å². The van der Waals surface area contributed by atoms with Crippen molar-refractivity contribution in [1.29, 1.82) is 0 Å². The lowest BCUT2D eigenvalue weighted by Gasteiger charge is -2.26. The Morgan fingerprint density at radius 1 is 1.52 bits per heavy atom. The zero-order valence-corrected chi connectivity index (χ0v) is 16.4. The van der Waals surface area contributed by atoms with Gasteiger partial charge in [0.15, 0.2) is 0 Å². The van der Waals surface area contributed by atoms with Crippen LogP contribution >= 0.6 is 23.7 Å². The molecular formula is C17H26ClN5OS. The van der Waals surface area contributed by atoms with Gasteiger partial charge in [-0.2, -0.15) is 5.10 Å². The molecule has 1 aliphatic heterocycles. The number of carbonyl (C=O) groups is 1. The third-order valence-electron chi connectivity index (χ3n) is 4.41. The molecule has 1 amide bonds. The molecule has 1 saturated heterocycles. The minimum atomic E-state index is 0. The molecule has 138 valence electrons. The second kappa shape index (κ2) is 9.31. The highest BCUT2D eigenvalue weighted by molar-refractivity contribution is 7.09. The molecule has 3 rings (SSSR count). The molecule has 8 heteroatoms. The number of nitrogens with one attached hydrogen (secondary N) is 1. The van der Waals surface area contributed by atoms with Crippen LogP contribution in [0.3, 0.4) is 0 Å². The first kappa shape index (κ1) is 19.9. The maximum atomic E-state index is 12.9. The zero-order valence-electron chi connectivity index (χ0n) is 14.7. The Balaban J connectivity index is 0.00000225. The van der Waals surface area contributed by atoms with Gasteiger partial charge in [0.1, 0.15) is 5.69 Å². The molecule has 1 fully saturated rings. The van der Waals surface area contributed by atoms with Crippen molar-refractivity contribution in [1.82, 2.24) is 25.0 Å². The molecule has 0 radical (unpaired) electrons. The maximum Gasteiger partial charge on any atom is 0.274 e. The van der Waals surface area contributed by atoms with Crippen LogP contribution in [0.4, 0.5) is 0 Å². The van der Waals surface area contributed by atoms with Gasteiger partial charge in [-0.1, -0.05) is 0 Å². The Hall–Kier alpha value is -1.44. The smallest absolute Gasteiger partial charge is 0.274 e. The van der Waals surface area contributed by atoms with E-state index in [0.717, 1.165) is 37.4 Å². The van der Waals surface area contributed by atoms with Crippen molar-refractivity contribution < 1.29 is 4.79 Å². The minimum absolute atomic E-state index is 0. The van der Waals surface area contributed by atoms with Crippen LogP contribution in [0.1, 0.15) is 48.2 Å². The molecule has 1 aliphatic rings. The third kappa shape index (κ3) is 5.03. The molecule has 1 atom stereocenters. The van der Waals surface area contributed by atoms with E-state index in [2.05, 4.69) is 15.4 Å². The fourth-order valence-corrected chi connectivity index (χ4v) is 3.66. The lowest BCUT2D eigenvalue weighted by Crippen LogP contribution is -2.39. The molecule has 3 heterocycles. The second-order valence-corrected chi connectivity index (χ2v) is 7.43. The summed E-state index contributed by atoms with van der Waals surface area (Å²) < 4.78 is 1.94. The molecule has 0 saturated carbocycles. The second-order valence-electron chi connectivity index (χ2n) is 6.45. The number of piperidine rings is 1. The van der Waals surface area contributed by atoms with Gasteiger partial charge in [0.05, 0.1) is 11.0 Å². The number of rotatable bonds is 6. The van der Waals surface area contributed by atoms with Gasteiger partial charge >= 0.3 is 0 Å². The van der Waals surface area contributed by atoms with Gasteiger partial charge in [-0.15, -0.1) is 23.7 Å². The molecule has 0 aliphatic carbocycles. The highest BCUT2D eigenvalue weighted by Crippen LogP contribution is 2.17. The number of thiazole rings is 1. The lowest BCUT2D eigenvalue weighted by molar-refractivity contribution is 0.0700. The van der Waals surface area contributed by atoms with Crippen molar-refractivity contribution in [2.75, 3.05) is 19.6 Å². The van der Waals surface area contributed by atoms with E-state index in [0.29, 0.717) is 18.3 Å². The van der Waals surface area contributed by atoms with E-state index >= 15 is 0 Å². The summed E-state index contributed by atoms with van der Waals surface area (Å²) in [7, 11) is 0. The Bertz CT molecular complexity index is 652. The Labute approximate surface area is 159 Å². The number of halogens is 1. The van der Waals surface area contributed by atoms with E-state index in [9.17, 15) is 4.79 Å². The molecule has 0 bridgehead atoms. The number of aromatic nitrogens is 3. The van der Waals surface area contributed by atoms with Crippen molar-refractivity contribution in [2.45, 2.75) is 45.2 Å². The molecule has 2 aromatic heterocycles. The topological polar surface area (TPSA) is 63.1 Å². The first-order valence-electron chi connectivity index (χ1n) is 8.60. The molecule has 0 aromatic carbocycles. The van der Waals surface area contributed by atoms with Crippen LogP contribution in [-0.2, 0) is 6.42 Å². The van der Waals surface area contributed by atoms with Gasteiger partial charge in [0.25, 0.3) is 5.91 Å². The highest BCUT2D eigenvalue weighted by Gasteiger charge is 2.23. The molecular weight excluding hydrogens is 358 g/mol. The third-order valence-corrected chi connectivity index (χ3v) is 5.25. The minimum Gasteiger partial charge on any atom is -0.334 e. The molecule has 1 N–H and O–H groups in total. The Morgan fingerprint density at radius 2 is 2.36 bits per heavy atom. The van der Waals surface area contributed by atoms with Crippen LogP contribution in [0.15, 0.2) is 23.8 Å². The van der Waals surface area contributed by atoms with Crippen molar-refractivity contribution in [2.24, 2.45) is 0 Å². The first-order chi connectivity index (χ1) is 11.6. The fraction of sp³-hybridized carbons (Fsp3) is 0.588. The summed E-state index contributed by atoms with van der Waals surface area (Å²) >= 11 is 1.63. The van der Waals surface area contributed by atoms with E-state index in [1.165, 1.54) is 0 Å². The standard InChI is InChI=1S/C17H25N5OS.ClH/c1-13(2)21(9-6-16-19-8-11-24-16)17(23)15-5-10-22(20-15)14-4-3-7-18-12-14;/h5,8,10-11,13-14,18H,3-4,6-7,9,12H2,1-2H3;1H. The predicted molar refractivity (Wildman–Crippen MR) is 103 cm³/mol. The predicted octanol–water partition coefficient (Wildman–Crippen LogP) is 2.78. The van der Waals surface area contributed by atoms with Crippen LogP contribution in [-0.4, -0.2) is 51.2 Å².